The lowest BCUT2D eigenvalue weighted by molar-refractivity contribution is 0.0740. The molecule has 0 bridgehead atoms. The molecule has 0 fully saturated rings. The first kappa shape index (κ1) is 14.5. The Kier molecular flexibility index (Phi) is 3.27. The van der Waals surface area contributed by atoms with E-state index < -0.39 is 11.9 Å². The topological polar surface area (TPSA) is 49.0 Å². The van der Waals surface area contributed by atoms with Crippen LogP contribution in [0.1, 0.15) is 39.6 Å². The third kappa shape index (κ3) is 2.11. The molecule has 0 N–H and O–H groups in total. The van der Waals surface area contributed by atoms with Gasteiger partial charge >= 0.3 is 0 Å². The zero-order chi connectivity index (χ0) is 16.1. The van der Waals surface area contributed by atoms with Gasteiger partial charge < -0.3 is 9.47 Å². The normalized spacial score (nSPS) is 17.1. The number of hydrogen-bond donors (Lipinski definition) is 0. The summed E-state index contributed by atoms with van der Waals surface area (Å²) in [6.45, 7) is 1.08. The van der Waals surface area contributed by atoms with Crippen LogP contribution in [0.25, 0.3) is 0 Å². The molecule has 0 aliphatic carbocycles. The van der Waals surface area contributed by atoms with Crippen molar-refractivity contribution >= 4 is 21.8 Å². The Hall–Kier alpha value is -2.13. The van der Waals surface area contributed by atoms with Crippen molar-refractivity contribution in [2.75, 3.05) is 0 Å². The number of rotatable bonds is 2. The molecule has 0 spiro atoms. The number of aromatic nitrogens is 1. The van der Waals surface area contributed by atoms with Crippen molar-refractivity contribution in [2.24, 2.45) is 0 Å². The first-order valence-corrected chi connectivity index (χ1v) is 8.26. The second-order valence-corrected chi connectivity index (χ2v) is 6.81. The van der Waals surface area contributed by atoms with Gasteiger partial charge in [0, 0.05) is 39.6 Å². The molecule has 1 amide bonds. The molecule has 1 atom stereocenters. The molecular weight excluding hydrogens is 361 g/mol. The summed E-state index contributed by atoms with van der Waals surface area (Å²) < 4.78 is 16.8. The van der Waals surface area contributed by atoms with E-state index in [0.717, 1.165) is 30.6 Å². The fourth-order valence-electron chi connectivity index (χ4n) is 3.55. The molecule has 116 valence electrons. The molecule has 1 unspecified atom stereocenters. The van der Waals surface area contributed by atoms with E-state index in [-0.39, 0.29) is 12.5 Å². The summed E-state index contributed by atoms with van der Waals surface area (Å²) in [6, 6.07) is 6.44. The van der Waals surface area contributed by atoms with E-state index in [1.54, 1.807) is 6.07 Å². The fourth-order valence-corrected chi connectivity index (χ4v) is 3.98. The molecule has 0 saturated heterocycles. The molecule has 2 aliphatic heterocycles. The highest BCUT2D eigenvalue weighted by molar-refractivity contribution is 9.10. The van der Waals surface area contributed by atoms with Crippen molar-refractivity contribution in [3.63, 3.8) is 0 Å². The zero-order valence-corrected chi connectivity index (χ0v) is 13.8. The van der Waals surface area contributed by atoms with Gasteiger partial charge in [-0.1, -0.05) is 15.9 Å². The van der Waals surface area contributed by atoms with Crippen LogP contribution < -0.4 is 0 Å². The maximum Gasteiger partial charge on any atom is 0.255 e. The van der Waals surface area contributed by atoms with Gasteiger partial charge in [-0.05, 0) is 31.0 Å². The van der Waals surface area contributed by atoms with E-state index in [2.05, 4.69) is 26.6 Å². The van der Waals surface area contributed by atoms with Crippen LogP contribution in [0.5, 0.6) is 0 Å². The van der Waals surface area contributed by atoms with Crippen molar-refractivity contribution in [3.05, 3.63) is 57.1 Å². The Morgan fingerprint density at radius 2 is 2.22 bits per heavy atom. The first-order chi connectivity index (χ1) is 11.1. The van der Waals surface area contributed by atoms with Crippen molar-refractivity contribution in [2.45, 2.75) is 32.0 Å². The van der Waals surface area contributed by atoms with Crippen molar-refractivity contribution < 1.29 is 9.18 Å². The minimum absolute atomic E-state index is 0.135. The molecule has 2 aromatic rings. The molecule has 23 heavy (non-hydrogen) atoms. The maximum atomic E-state index is 14.1. The summed E-state index contributed by atoms with van der Waals surface area (Å²) in [5.74, 6) is -0.700. The van der Waals surface area contributed by atoms with Crippen LogP contribution in [-0.2, 0) is 19.5 Å². The van der Waals surface area contributed by atoms with Gasteiger partial charge in [0.1, 0.15) is 11.9 Å². The quantitative estimate of drug-likeness (QED) is 0.807. The number of nitriles is 1. The first-order valence-electron chi connectivity index (χ1n) is 7.46. The lowest BCUT2D eigenvalue weighted by atomic mass is 10.1. The van der Waals surface area contributed by atoms with Gasteiger partial charge in [-0.15, -0.1) is 0 Å². The van der Waals surface area contributed by atoms with Crippen molar-refractivity contribution in [3.8, 4) is 6.07 Å². The van der Waals surface area contributed by atoms with E-state index in [0.29, 0.717) is 15.6 Å². The van der Waals surface area contributed by atoms with Crippen LogP contribution in [0, 0.1) is 17.1 Å². The summed E-state index contributed by atoms with van der Waals surface area (Å²) in [6.07, 6.45) is 3.93. The highest BCUT2D eigenvalue weighted by atomic mass is 79.9. The van der Waals surface area contributed by atoms with Crippen LogP contribution in [-0.4, -0.2) is 15.4 Å². The summed E-state index contributed by atoms with van der Waals surface area (Å²) in [5, 5.41) is 9.65. The van der Waals surface area contributed by atoms with Gasteiger partial charge in [0.05, 0.1) is 12.6 Å². The van der Waals surface area contributed by atoms with Gasteiger partial charge in [0.25, 0.3) is 5.91 Å². The Balaban J connectivity index is 1.75. The maximum absolute atomic E-state index is 14.1. The molecule has 4 nitrogen and oxygen atoms in total. The van der Waals surface area contributed by atoms with Crippen molar-refractivity contribution in [1.29, 1.82) is 5.26 Å². The monoisotopic (exact) mass is 373 g/mol. The van der Waals surface area contributed by atoms with Gasteiger partial charge in [0.2, 0.25) is 0 Å². The average molecular weight is 374 g/mol. The zero-order valence-electron chi connectivity index (χ0n) is 12.2. The standard InChI is InChI=1S/C17H13BrFN3O/c18-10-6-12-13(14(19)7-10)9-22(17(12)23)16(8-20)11-3-5-21-4-1-2-15(11)21/h3,5-7,16H,1-2,4,9H2. The summed E-state index contributed by atoms with van der Waals surface area (Å²) >= 11 is 3.22. The number of fused-ring (bicyclic) bond motifs is 2. The molecule has 2 aliphatic rings. The highest BCUT2D eigenvalue weighted by Gasteiger charge is 2.37. The van der Waals surface area contributed by atoms with Crippen LogP contribution in [0.3, 0.4) is 0 Å². The molecule has 0 radical (unpaired) electrons. The van der Waals surface area contributed by atoms with Crippen LogP contribution in [0.2, 0.25) is 0 Å². The second kappa shape index (κ2) is 5.20. The summed E-state index contributed by atoms with van der Waals surface area (Å²) in [5.41, 5.74) is 2.69. The molecular formula is C17H13BrFN3O. The number of carbonyl (C=O) groups is 1. The lowest BCUT2D eigenvalue weighted by Crippen LogP contribution is -2.28. The number of hydrogen-bond acceptors (Lipinski definition) is 2. The highest BCUT2D eigenvalue weighted by Crippen LogP contribution is 2.36. The van der Waals surface area contributed by atoms with Gasteiger partial charge in [-0.25, -0.2) is 4.39 Å². The molecule has 0 saturated carbocycles. The Bertz CT molecular complexity index is 867. The number of aryl methyl sites for hydroxylation is 1. The van der Waals surface area contributed by atoms with Gasteiger partial charge in [-0.2, -0.15) is 5.26 Å². The summed E-state index contributed by atoms with van der Waals surface area (Å²) in [7, 11) is 0. The Morgan fingerprint density at radius 1 is 1.39 bits per heavy atom. The molecule has 1 aromatic heterocycles. The Labute approximate surface area is 141 Å². The fraction of sp³-hybridized carbons (Fsp3) is 0.294. The molecule has 3 heterocycles. The van der Waals surface area contributed by atoms with Crippen LogP contribution in [0.4, 0.5) is 4.39 Å². The van der Waals surface area contributed by atoms with Gasteiger partial charge in [-0.3, -0.25) is 4.79 Å². The average Bonchev–Trinajstić information content (AvgIpc) is 3.18. The SMILES string of the molecule is N#CC(c1ccn2c1CCC2)N1Cc2c(F)cc(Br)cc2C1=O. The third-order valence-corrected chi connectivity index (χ3v) is 5.09. The number of halogens is 2. The number of nitrogens with zero attached hydrogens (tertiary/aromatic N) is 3. The number of benzene rings is 1. The second-order valence-electron chi connectivity index (χ2n) is 5.89. The van der Waals surface area contributed by atoms with Gasteiger partial charge in [0.15, 0.2) is 0 Å². The predicted octanol–water partition coefficient (Wildman–Crippen LogP) is 3.56. The molecule has 1 aromatic carbocycles. The smallest absolute Gasteiger partial charge is 0.255 e. The van der Waals surface area contributed by atoms with Crippen molar-refractivity contribution in [1.82, 2.24) is 9.47 Å². The lowest BCUT2D eigenvalue weighted by Gasteiger charge is -2.22. The minimum atomic E-state index is -0.678. The largest absolute Gasteiger partial charge is 0.351 e. The van der Waals surface area contributed by atoms with E-state index in [1.165, 1.54) is 11.0 Å². The third-order valence-electron chi connectivity index (χ3n) is 4.64. The minimum Gasteiger partial charge on any atom is -0.351 e. The number of carbonyl (C=O) groups excluding carboxylic acids is 1. The van der Waals surface area contributed by atoms with E-state index in [4.69, 9.17) is 0 Å². The van der Waals surface area contributed by atoms with E-state index >= 15 is 0 Å². The van der Waals surface area contributed by atoms with Crippen LogP contribution in [0.15, 0.2) is 28.9 Å². The number of amides is 1. The summed E-state index contributed by atoms with van der Waals surface area (Å²) in [4.78, 5) is 14.1. The predicted molar refractivity (Wildman–Crippen MR) is 85.1 cm³/mol. The van der Waals surface area contributed by atoms with Crippen LogP contribution >= 0.6 is 15.9 Å². The molecule has 4 rings (SSSR count). The van der Waals surface area contributed by atoms with E-state index in [1.807, 2.05) is 12.3 Å². The molecule has 6 heteroatoms. The van der Waals surface area contributed by atoms with E-state index in [9.17, 15) is 14.4 Å². The Morgan fingerprint density at radius 3 is 3.00 bits per heavy atom.